The van der Waals surface area contributed by atoms with E-state index in [4.69, 9.17) is 5.11 Å². The van der Waals surface area contributed by atoms with Gasteiger partial charge in [-0.15, -0.1) is 0 Å². The number of hydrogen-bond acceptors (Lipinski definition) is 1. The van der Waals surface area contributed by atoms with Gasteiger partial charge in [0.15, 0.2) is 0 Å². The van der Waals surface area contributed by atoms with Crippen molar-refractivity contribution in [2.45, 2.75) is 13.3 Å². The third-order valence-electron chi connectivity index (χ3n) is 0.515. The molecule has 1 N–H and O–H groups in total. The molecule has 0 bridgehead atoms. The highest BCUT2D eigenvalue weighted by atomic mass is 16.2. The van der Waals surface area contributed by atoms with Crippen molar-refractivity contribution in [3.8, 4) is 0 Å². The van der Waals surface area contributed by atoms with E-state index in [1.165, 1.54) is 0 Å². The van der Waals surface area contributed by atoms with Crippen molar-refractivity contribution in [3.05, 3.63) is 29.5 Å². The number of aliphatic hydroxyl groups is 1. The van der Waals surface area contributed by atoms with E-state index in [0.717, 1.165) is 12.7 Å². The molecule has 0 fully saturated rings. The SMILES string of the molecule is CCC=C=C=C=CO. The molecule has 0 radical (unpaired) electrons. The summed E-state index contributed by atoms with van der Waals surface area (Å²) in [5.74, 6) is 0. The summed E-state index contributed by atoms with van der Waals surface area (Å²) >= 11 is 0. The maximum absolute atomic E-state index is 8.01. The van der Waals surface area contributed by atoms with Gasteiger partial charge in [-0.1, -0.05) is 12.7 Å². The van der Waals surface area contributed by atoms with Gasteiger partial charge >= 0.3 is 0 Å². The molecule has 1 heteroatoms. The highest BCUT2D eigenvalue weighted by molar-refractivity contribution is 4.83. The summed E-state index contributed by atoms with van der Waals surface area (Å²) in [5, 5.41) is 8.01. The van der Waals surface area contributed by atoms with Crippen LogP contribution in [-0.4, -0.2) is 5.11 Å². The Morgan fingerprint density at radius 2 is 2.25 bits per heavy atom. The summed E-state index contributed by atoms with van der Waals surface area (Å²) in [4.78, 5) is 0. The van der Waals surface area contributed by atoms with Crippen LogP contribution in [0, 0.1) is 0 Å². The molecular formula is C7H8O. The highest BCUT2D eigenvalue weighted by Crippen LogP contribution is 1.71. The predicted molar refractivity (Wildman–Crippen MR) is 32.6 cm³/mol. The van der Waals surface area contributed by atoms with Crippen LogP contribution in [0.4, 0.5) is 0 Å². The summed E-state index contributed by atoms with van der Waals surface area (Å²) in [6, 6.07) is 0. The third-order valence-corrected chi connectivity index (χ3v) is 0.515. The van der Waals surface area contributed by atoms with Gasteiger partial charge in [0.1, 0.15) is 6.26 Å². The molecule has 42 valence electrons. The summed E-state index contributed by atoms with van der Waals surface area (Å²) in [5.41, 5.74) is 7.45. The summed E-state index contributed by atoms with van der Waals surface area (Å²) in [6.45, 7) is 2.00. The van der Waals surface area contributed by atoms with Gasteiger partial charge in [-0.05, 0) is 24.0 Å². The van der Waals surface area contributed by atoms with Gasteiger partial charge in [-0.2, -0.15) is 0 Å². The average molecular weight is 108 g/mol. The lowest BCUT2D eigenvalue weighted by Crippen LogP contribution is -1.41. The van der Waals surface area contributed by atoms with Crippen LogP contribution in [0.5, 0.6) is 0 Å². The molecule has 0 aromatic rings. The Morgan fingerprint density at radius 3 is 2.75 bits per heavy atom. The maximum Gasteiger partial charge on any atom is 0.130 e. The molecule has 0 amide bonds. The molecule has 8 heavy (non-hydrogen) atoms. The Bertz CT molecular complexity index is 161. The smallest absolute Gasteiger partial charge is 0.130 e. The fourth-order valence-electron chi connectivity index (χ4n) is 0.227. The first-order chi connectivity index (χ1) is 3.91. The zero-order chi connectivity index (χ0) is 6.24. The first-order valence-corrected chi connectivity index (χ1v) is 2.45. The second-order valence-electron chi connectivity index (χ2n) is 1.16. The Kier molecular flexibility index (Phi) is 5.06. The molecule has 1 nitrogen and oxygen atoms in total. The second-order valence-corrected chi connectivity index (χ2v) is 1.16. The molecule has 0 spiro atoms. The Labute approximate surface area is 49.0 Å². The third kappa shape index (κ3) is 4.88. The molecule has 0 aliphatic carbocycles. The Morgan fingerprint density at radius 1 is 1.50 bits per heavy atom. The van der Waals surface area contributed by atoms with E-state index in [2.05, 4.69) is 17.2 Å². The molecule has 0 heterocycles. The van der Waals surface area contributed by atoms with Crippen molar-refractivity contribution >= 4 is 0 Å². The van der Waals surface area contributed by atoms with Gasteiger partial charge < -0.3 is 5.11 Å². The van der Waals surface area contributed by atoms with Crippen LogP contribution in [0.2, 0.25) is 0 Å². The quantitative estimate of drug-likeness (QED) is 0.402. The number of aliphatic hydroxyl groups excluding tert-OH is 1. The zero-order valence-corrected chi connectivity index (χ0v) is 4.81. The van der Waals surface area contributed by atoms with Gasteiger partial charge in [0.25, 0.3) is 0 Å². The molecule has 0 atom stereocenters. The number of allylic oxidation sites excluding steroid dienone is 1. The van der Waals surface area contributed by atoms with Crippen LogP contribution >= 0.6 is 0 Å². The maximum atomic E-state index is 8.01. The van der Waals surface area contributed by atoms with Crippen LogP contribution in [0.15, 0.2) is 29.5 Å². The summed E-state index contributed by atoms with van der Waals surface area (Å²) in [6.07, 6.45) is 3.53. The largest absolute Gasteiger partial charge is 0.507 e. The monoisotopic (exact) mass is 108 g/mol. The van der Waals surface area contributed by atoms with Gasteiger partial charge in [0.05, 0.1) is 0 Å². The van der Waals surface area contributed by atoms with E-state index in [1.807, 2.05) is 6.92 Å². The van der Waals surface area contributed by atoms with Crippen LogP contribution in [-0.2, 0) is 0 Å². The van der Waals surface area contributed by atoms with Crippen LogP contribution in [0.1, 0.15) is 13.3 Å². The fraction of sp³-hybridized carbons (Fsp3) is 0.286. The normalized spacial score (nSPS) is 5.62. The second kappa shape index (κ2) is 5.88. The predicted octanol–water partition coefficient (Wildman–Crippen LogP) is 1.93. The van der Waals surface area contributed by atoms with Gasteiger partial charge in [0.2, 0.25) is 0 Å². The molecule has 0 aromatic heterocycles. The van der Waals surface area contributed by atoms with Crippen molar-refractivity contribution < 1.29 is 5.11 Å². The van der Waals surface area contributed by atoms with Crippen LogP contribution in [0.25, 0.3) is 0 Å². The van der Waals surface area contributed by atoms with E-state index in [1.54, 1.807) is 6.08 Å². The molecule has 0 aliphatic heterocycles. The van der Waals surface area contributed by atoms with E-state index in [-0.39, 0.29) is 0 Å². The minimum Gasteiger partial charge on any atom is -0.507 e. The highest BCUT2D eigenvalue weighted by Gasteiger charge is 1.52. The van der Waals surface area contributed by atoms with Crippen LogP contribution in [0.3, 0.4) is 0 Å². The van der Waals surface area contributed by atoms with Crippen molar-refractivity contribution in [2.24, 2.45) is 0 Å². The molecule has 0 unspecified atom stereocenters. The van der Waals surface area contributed by atoms with Crippen LogP contribution < -0.4 is 0 Å². The van der Waals surface area contributed by atoms with Gasteiger partial charge in [0, 0.05) is 0 Å². The zero-order valence-electron chi connectivity index (χ0n) is 4.81. The molecule has 0 saturated heterocycles. The van der Waals surface area contributed by atoms with Crippen molar-refractivity contribution in [1.82, 2.24) is 0 Å². The Balaban J connectivity index is 4.00. The van der Waals surface area contributed by atoms with Crippen molar-refractivity contribution in [3.63, 3.8) is 0 Å². The lowest BCUT2D eigenvalue weighted by Gasteiger charge is -1.60. The van der Waals surface area contributed by atoms with E-state index < -0.39 is 0 Å². The average Bonchev–Trinajstić information content (AvgIpc) is 1.81. The van der Waals surface area contributed by atoms with Gasteiger partial charge in [-0.25, -0.2) is 0 Å². The topological polar surface area (TPSA) is 20.2 Å². The molecule has 0 aliphatic rings. The molecular weight excluding hydrogens is 100 g/mol. The lowest BCUT2D eigenvalue weighted by atomic mass is 10.5. The molecule has 0 rings (SSSR count). The number of hydrogen-bond donors (Lipinski definition) is 1. The molecule has 0 saturated carbocycles. The molecule has 0 aromatic carbocycles. The lowest BCUT2D eigenvalue weighted by molar-refractivity contribution is 0.475. The van der Waals surface area contributed by atoms with Gasteiger partial charge in [-0.3, -0.25) is 0 Å². The summed E-state index contributed by atoms with van der Waals surface area (Å²) in [7, 11) is 0. The Hall–Kier alpha value is -1.12. The van der Waals surface area contributed by atoms with E-state index in [9.17, 15) is 0 Å². The standard InChI is InChI=1S/C7H8O/c1-2-3-4-5-6-7-8/h3,7-8H,2H2,1H3. The van der Waals surface area contributed by atoms with Crippen molar-refractivity contribution in [1.29, 1.82) is 0 Å². The minimum absolute atomic E-state index is 0.802. The fourth-order valence-corrected chi connectivity index (χ4v) is 0.227. The van der Waals surface area contributed by atoms with Crippen molar-refractivity contribution in [2.75, 3.05) is 0 Å². The minimum atomic E-state index is 0.802. The summed E-state index contributed by atoms with van der Waals surface area (Å²) < 4.78 is 0. The van der Waals surface area contributed by atoms with E-state index in [0.29, 0.717) is 0 Å². The first-order valence-electron chi connectivity index (χ1n) is 2.45. The number of rotatable bonds is 1. The first kappa shape index (κ1) is 6.88. The van der Waals surface area contributed by atoms with E-state index >= 15 is 0 Å².